The van der Waals surface area contributed by atoms with Gasteiger partial charge < -0.3 is 18.9 Å². The smallest absolute Gasteiger partial charge is 0.303 e. The molecule has 12 heteroatoms. The first-order chi connectivity index (χ1) is 13.6. The van der Waals surface area contributed by atoms with Crippen molar-refractivity contribution in [2.75, 3.05) is 0 Å². The maximum Gasteiger partial charge on any atom is 0.303 e. The minimum absolute atomic E-state index is 0.141. The third-order valence-corrected chi connectivity index (χ3v) is 4.54. The van der Waals surface area contributed by atoms with Crippen LogP contribution in [0, 0.1) is 5.41 Å². The van der Waals surface area contributed by atoms with Crippen molar-refractivity contribution in [3.8, 4) is 0 Å². The molecule has 9 nitrogen and oxygen atoms in total. The van der Waals surface area contributed by atoms with E-state index in [0.717, 1.165) is 5.56 Å². The van der Waals surface area contributed by atoms with E-state index in [4.69, 9.17) is 64.7 Å². The SMILES string of the molecule is CC(=O)O[C@H]1C(OC(=N)C(Cl)(Cl)Cl)O[C@H](C)[C@@H](N=[N+]=[N-])[C@@H]1OCc1ccccc1. The van der Waals surface area contributed by atoms with Gasteiger partial charge in [-0.3, -0.25) is 10.2 Å². The van der Waals surface area contributed by atoms with E-state index in [1.807, 2.05) is 30.3 Å². The van der Waals surface area contributed by atoms with Crippen LogP contribution in [0.3, 0.4) is 0 Å². The molecule has 1 heterocycles. The Labute approximate surface area is 182 Å². The number of ether oxygens (including phenoxy) is 4. The number of alkyl halides is 3. The van der Waals surface area contributed by atoms with Gasteiger partial charge in [-0.05, 0) is 18.0 Å². The zero-order valence-corrected chi connectivity index (χ0v) is 17.8. The molecule has 1 fully saturated rings. The second kappa shape index (κ2) is 10.3. The molecule has 0 amide bonds. The summed E-state index contributed by atoms with van der Waals surface area (Å²) in [6.07, 6.45) is -4.14. The lowest BCUT2D eigenvalue weighted by Crippen LogP contribution is -2.59. The number of hydrogen-bond donors (Lipinski definition) is 1. The number of carbonyl (C=O) groups excluding carboxylic acids is 1. The molecule has 2 rings (SSSR count). The van der Waals surface area contributed by atoms with Crippen LogP contribution >= 0.6 is 34.8 Å². The van der Waals surface area contributed by atoms with Gasteiger partial charge in [-0.2, -0.15) is 0 Å². The molecule has 1 aliphatic heterocycles. The van der Waals surface area contributed by atoms with Crippen LogP contribution in [0.5, 0.6) is 0 Å². The molecular weight excluding hydrogens is 447 g/mol. The summed E-state index contributed by atoms with van der Waals surface area (Å²) in [5, 5.41) is 11.5. The number of azide groups is 1. The zero-order valence-electron chi connectivity index (χ0n) is 15.5. The maximum atomic E-state index is 11.7. The minimum Gasteiger partial charge on any atom is -0.453 e. The number of halogens is 3. The number of carbonyl (C=O) groups is 1. The minimum atomic E-state index is -2.14. The first-order valence-corrected chi connectivity index (χ1v) is 9.61. The van der Waals surface area contributed by atoms with Crippen LogP contribution in [0.1, 0.15) is 19.4 Å². The van der Waals surface area contributed by atoms with Gasteiger partial charge in [-0.1, -0.05) is 70.2 Å². The van der Waals surface area contributed by atoms with E-state index in [9.17, 15) is 4.79 Å². The second-order valence-electron chi connectivity index (χ2n) is 6.19. The molecule has 0 aliphatic carbocycles. The summed E-state index contributed by atoms with van der Waals surface area (Å²) in [6.45, 7) is 2.95. The first kappa shape index (κ1) is 23.5. The van der Waals surface area contributed by atoms with E-state index in [2.05, 4.69) is 10.0 Å². The van der Waals surface area contributed by atoms with E-state index in [1.54, 1.807) is 6.92 Å². The highest BCUT2D eigenvalue weighted by Gasteiger charge is 2.49. The number of nitrogens with one attached hydrogen (secondary N) is 1. The summed E-state index contributed by atoms with van der Waals surface area (Å²) in [5.41, 5.74) is 9.79. The lowest BCUT2D eigenvalue weighted by Gasteiger charge is -2.43. The molecular formula is C17H19Cl3N4O5. The average molecular weight is 466 g/mol. The van der Waals surface area contributed by atoms with Gasteiger partial charge in [0, 0.05) is 11.8 Å². The largest absolute Gasteiger partial charge is 0.453 e. The van der Waals surface area contributed by atoms with Crippen molar-refractivity contribution in [2.45, 2.75) is 54.9 Å². The van der Waals surface area contributed by atoms with Crippen molar-refractivity contribution in [3.63, 3.8) is 0 Å². The number of esters is 1. The Bertz CT molecular complexity index is 770. The van der Waals surface area contributed by atoms with Gasteiger partial charge in [0.1, 0.15) is 6.10 Å². The maximum absolute atomic E-state index is 11.7. The van der Waals surface area contributed by atoms with E-state index in [0.29, 0.717) is 0 Å². The quantitative estimate of drug-likeness (QED) is 0.127. The summed E-state index contributed by atoms with van der Waals surface area (Å²) in [4.78, 5) is 14.5. The van der Waals surface area contributed by atoms with Crippen LogP contribution in [0.25, 0.3) is 10.4 Å². The summed E-state index contributed by atoms with van der Waals surface area (Å²) < 4.78 is 20.1. The average Bonchev–Trinajstić information content (AvgIpc) is 2.64. The van der Waals surface area contributed by atoms with Gasteiger partial charge in [0.05, 0.1) is 18.8 Å². The van der Waals surface area contributed by atoms with Crippen LogP contribution in [-0.2, 0) is 30.3 Å². The predicted molar refractivity (Wildman–Crippen MR) is 107 cm³/mol. The lowest BCUT2D eigenvalue weighted by molar-refractivity contribution is -0.261. The monoisotopic (exact) mass is 464 g/mol. The first-order valence-electron chi connectivity index (χ1n) is 8.48. The third kappa shape index (κ3) is 6.64. The lowest BCUT2D eigenvalue weighted by atomic mass is 9.97. The standard InChI is InChI=1S/C17H19Cl3N4O5/c1-9-12(23-24-22)13(26-8-11-6-4-3-5-7-11)14(28-10(2)25)15(27-9)29-16(21)17(18,19)20/h3-7,9,12-15,21H,8H2,1-2H3/t9-,12-,13+,14-,15?/m1/s1. The molecule has 1 saturated heterocycles. The van der Waals surface area contributed by atoms with Crippen molar-refractivity contribution in [1.82, 2.24) is 0 Å². The van der Waals surface area contributed by atoms with Gasteiger partial charge in [0.25, 0.3) is 3.79 Å². The molecule has 1 unspecified atom stereocenters. The number of rotatable bonds is 6. The fourth-order valence-electron chi connectivity index (χ4n) is 2.76. The molecule has 0 aromatic heterocycles. The normalized spacial score (nSPS) is 26.9. The molecule has 1 N–H and O–H groups in total. The van der Waals surface area contributed by atoms with Crippen molar-refractivity contribution in [1.29, 1.82) is 5.41 Å². The molecule has 0 radical (unpaired) electrons. The molecule has 1 aliphatic rings. The van der Waals surface area contributed by atoms with Crippen molar-refractivity contribution in [3.05, 3.63) is 46.3 Å². The fraction of sp³-hybridized carbons (Fsp3) is 0.529. The molecule has 1 aromatic rings. The number of hydrogen-bond acceptors (Lipinski definition) is 7. The summed E-state index contributed by atoms with van der Waals surface area (Å²) in [6, 6.07) is 8.39. The van der Waals surface area contributed by atoms with Crippen molar-refractivity contribution >= 4 is 46.7 Å². The molecule has 0 bridgehead atoms. The van der Waals surface area contributed by atoms with E-state index < -0.39 is 46.3 Å². The van der Waals surface area contributed by atoms with E-state index >= 15 is 0 Å². The van der Waals surface area contributed by atoms with Gasteiger partial charge in [0.15, 0.2) is 6.10 Å². The summed E-state index contributed by atoms with van der Waals surface area (Å²) >= 11 is 17.0. The Morgan fingerprint density at radius 1 is 1.28 bits per heavy atom. The second-order valence-corrected chi connectivity index (χ2v) is 8.47. The summed E-state index contributed by atoms with van der Waals surface area (Å²) in [5.74, 6) is -1.38. The van der Waals surface area contributed by atoms with E-state index in [-0.39, 0.29) is 6.61 Å². The molecule has 5 atom stereocenters. The van der Waals surface area contributed by atoms with Crippen molar-refractivity contribution in [2.24, 2.45) is 5.11 Å². The van der Waals surface area contributed by atoms with Crippen LogP contribution in [0.2, 0.25) is 0 Å². The molecule has 29 heavy (non-hydrogen) atoms. The van der Waals surface area contributed by atoms with Gasteiger partial charge in [-0.25, -0.2) is 0 Å². The Hall–Kier alpha value is -1.74. The molecule has 158 valence electrons. The topological polar surface area (TPSA) is 127 Å². The molecule has 0 saturated carbocycles. The van der Waals surface area contributed by atoms with Gasteiger partial charge >= 0.3 is 5.97 Å². The van der Waals surface area contributed by atoms with Gasteiger partial charge in [0.2, 0.25) is 12.2 Å². The van der Waals surface area contributed by atoms with Crippen molar-refractivity contribution < 1.29 is 23.7 Å². The van der Waals surface area contributed by atoms with Crippen LogP contribution in [0.4, 0.5) is 0 Å². The fourth-order valence-corrected chi connectivity index (χ4v) is 2.89. The van der Waals surface area contributed by atoms with E-state index in [1.165, 1.54) is 6.92 Å². The number of benzene rings is 1. The Morgan fingerprint density at radius 2 is 1.93 bits per heavy atom. The predicted octanol–water partition coefficient (Wildman–Crippen LogP) is 4.29. The highest BCUT2D eigenvalue weighted by Crippen LogP contribution is 2.33. The van der Waals surface area contributed by atoms with Crippen LogP contribution in [0.15, 0.2) is 35.4 Å². The van der Waals surface area contributed by atoms with Crippen LogP contribution in [-0.4, -0.2) is 46.3 Å². The highest BCUT2D eigenvalue weighted by molar-refractivity contribution is 6.76. The molecule has 0 spiro atoms. The zero-order chi connectivity index (χ0) is 21.6. The highest BCUT2D eigenvalue weighted by atomic mass is 35.6. The van der Waals surface area contributed by atoms with Crippen LogP contribution < -0.4 is 0 Å². The Balaban J connectivity index is 2.32. The van der Waals surface area contributed by atoms with Gasteiger partial charge in [-0.15, -0.1) is 0 Å². The third-order valence-electron chi connectivity index (χ3n) is 4.02. The Kier molecular flexibility index (Phi) is 8.39. The summed E-state index contributed by atoms with van der Waals surface area (Å²) in [7, 11) is 0. The number of nitrogens with zero attached hydrogens (tertiary/aromatic N) is 3. The molecule has 1 aromatic carbocycles. The Morgan fingerprint density at radius 3 is 2.48 bits per heavy atom.